The van der Waals surface area contributed by atoms with E-state index in [9.17, 15) is 0 Å². The van der Waals surface area contributed by atoms with Crippen molar-refractivity contribution in [1.82, 2.24) is 0 Å². The van der Waals surface area contributed by atoms with Crippen molar-refractivity contribution in [3.63, 3.8) is 0 Å². The van der Waals surface area contributed by atoms with E-state index in [1.54, 1.807) is 0 Å². The van der Waals surface area contributed by atoms with Crippen LogP contribution in [0.4, 0.5) is 0 Å². The molecule has 1 heterocycles. The third kappa shape index (κ3) is 2.29. The third-order valence-corrected chi connectivity index (χ3v) is 5.94. The number of hydrogen-bond donors (Lipinski definition) is 0. The molecule has 0 amide bonds. The second-order valence-corrected chi connectivity index (χ2v) is 9.62. The van der Waals surface area contributed by atoms with E-state index in [-0.39, 0.29) is 0 Å². The number of fused-ring (bicyclic) bond motifs is 7. The first-order valence-corrected chi connectivity index (χ1v) is 10.9. The molecule has 5 rings (SSSR count). The Labute approximate surface area is 147 Å². The van der Waals surface area contributed by atoms with Crippen LogP contribution >= 0.6 is 7.72 Å². The van der Waals surface area contributed by atoms with Gasteiger partial charge in [-0.3, -0.25) is 0 Å². The summed E-state index contributed by atoms with van der Waals surface area (Å²) in [6.45, 7) is 4.13. The van der Waals surface area contributed by atoms with Crippen molar-refractivity contribution in [3.05, 3.63) is 72.8 Å². The van der Waals surface area contributed by atoms with Crippen molar-refractivity contribution in [3.8, 4) is 22.6 Å². The van der Waals surface area contributed by atoms with Crippen LogP contribution in [0, 0.1) is 0 Å². The lowest BCUT2D eigenvalue weighted by Gasteiger charge is -2.15. The topological polar surface area (TPSA) is 18.5 Å². The Morgan fingerprint density at radius 1 is 0.560 bits per heavy atom. The van der Waals surface area contributed by atoms with E-state index < -0.39 is 7.72 Å². The maximum absolute atomic E-state index is 6.37. The molecule has 0 fully saturated rings. The fourth-order valence-electron chi connectivity index (χ4n) is 3.66. The first kappa shape index (κ1) is 14.7. The van der Waals surface area contributed by atoms with Gasteiger partial charge in [0.25, 0.3) is 0 Å². The molecule has 0 aromatic heterocycles. The van der Waals surface area contributed by atoms with Crippen LogP contribution in [0.2, 0.25) is 0 Å². The lowest BCUT2D eigenvalue weighted by atomic mass is 9.92. The summed E-state index contributed by atoms with van der Waals surface area (Å²) in [5, 5.41) is 4.81. The molecule has 25 heavy (non-hydrogen) atoms. The van der Waals surface area contributed by atoms with Crippen LogP contribution in [0.3, 0.4) is 0 Å². The van der Waals surface area contributed by atoms with Gasteiger partial charge in [-0.05, 0) is 33.7 Å². The van der Waals surface area contributed by atoms with Gasteiger partial charge in [-0.2, -0.15) is 0 Å². The predicted octanol–water partition coefficient (Wildman–Crippen LogP) is 6.54. The van der Waals surface area contributed by atoms with Crippen LogP contribution in [-0.2, 0) is 0 Å². The van der Waals surface area contributed by atoms with Crippen LogP contribution in [0.1, 0.15) is 0 Å². The van der Waals surface area contributed by atoms with Gasteiger partial charge in [0.2, 0.25) is 0 Å². The summed E-state index contributed by atoms with van der Waals surface area (Å²) in [5.41, 5.74) is 2.27. The van der Waals surface area contributed by atoms with Gasteiger partial charge in [-0.25, -0.2) is 0 Å². The van der Waals surface area contributed by atoms with Gasteiger partial charge < -0.3 is 9.05 Å². The molecule has 3 heteroatoms. The van der Waals surface area contributed by atoms with Gasteiger partial charge in [0.15, 0.2) is 11.5 Å². The van der Waals surface area contributed by atoms with Gasteiger partial charge in [0, 0.05) is 11.1 Å². The molecule has 0 unspecified atom stereocenters. The highest BCUT2D eigenvalue weighted by molar-refractivity contribution is 7.65. The molecular weight excluding hydrogens is 327 g/mol. The minimum Gasteiger partial charge on any atom is -0.310 e. The molecule has 0 aliphatic carbocycles. The Balaban J connectivity index is 2.00. The Kier molecular flexibility index (Phi) is 3.07. The smallest absolute Gasteiger partial charge is 0.310 e. The van der Waals surface area contributed by atoms with Crippen molar-refractivity contribution >= 4 is 29.3 Å². The van der Waals surface area contributed by atoms with Crippen molar-refractivity contribution in [2.24, 2.45) is 0 Å². The third-order valence-electron chi connectivity index (χ3n) is 4.67. The highest BCUT2D eigenvalue weighted by atomic mass is 31.2. The van der Waals surface area contributed by atoms with Crippen LogP contribution < -0.4 is 9.05 Å². The first-order valence-electron chi connectivity index (χ1n) is 8.39. The lowest BCUT2D eigenvalue weighted by Crippen LogP contribution is -2.03. The molecule has 0 bridgehead atoms. The Morgan fingerprint density at radius 3 is 1.48 bits per heavy atom. The minimum atomic E-state index is -2.00. The molecule has 0 atom stereocenters. The quantitative estimate of drug-likeness (QED) is 0.337. The molecule has 122 valence electrons. The maximum Gasteiger partial charge on any atom is 0.358 e. The molecule has 0 saturated heterocycles. The Morgan fingerprint density at radius 2 is 1.00 bits per heavy atom. The molecule has 1 aliphatic rings. The van der Waals surface area contributed by atoms with Crippen LogP contribution in [0.5, 0.6) is 11.5 Å². The van der Waals surface area contributed by atoms with Crippen molar-refractivity contribution < 1.29 is 9.05 Å². The van der Waals surface area contributed by atoms with Crippen LogP contribution in [0.15, 0.2) is 72.8 Å². The first-order chi connectivity index (χ1) is 12.1. The van der Waals surface area contributed by atoms with Crippen molar-refractivity contribution in [2.75, 3.05) is 13.3 Å². The Hall–Kier alpha value is -2.57. The highest BCUT2D eigenvalue weighted by Gasteiger charge is 2.38. The monoisotopic (exact) mass is 345 g/mol. The maximum atomic E-state index is 6.37. The number of hydrogen-bond acceptors (Lipinski definition) is 2. The molecule has 0 saturated carbocycles. The summed E-state index contributed by atoms with van der Waals surface area (Å²) < 4.78 is 12.7. The summed E-state index contributed by atoms with van der Waals surface area (Å²) in [6, 6.07) is 25.4. The SMILES string of the molecule is C[P+]1(C)Oc2ccc3ccccc3c2-c2c(ccc3ccccc23)O1. The van der Waals surface area contributed by atoms with Gasteiger partial charge in [0.05, 0.1) is 0 Å². The summed E-state index contributed by atoms with van der Waals surface area (Å²) in [5.74, 6) is 1.82. The van der Waals surface area contributed by atoms with Crippen LogP contribution in [0.25, 0.3) is 32.7 Å². The Bertz CT molecular complexity index is 1040. The van der Waals surface area contributed by atoms with Crippen LogP contribution in [-0.4, -0.2) is 13.3 Å². The zero-order valence-corrected chi connectivity index (χ0v) is 15.1. The summed E-state index contributed by atoms with van der Waals surface area (Å²) >= 11 is 0. The van der Waals surface area contributed by atoms with E-state index in [1.165, 1.54) is 21.5 Å². The van der Waals surface area contributed by atoms with Crippen molar-refractivity contribution in [2.45, 2.75) is 0 Å². The molecule has 4 aromatic rings. The highest BCUT2D eigenvalue weighted by Crippen LogP contribution is 2.61. The lowest BCUT2D eigenvalue weighted by molar-refractivity contribution is 0.485. The molecule has 4 aromatic carbocycles. The normalized spacial score (nSPS) is 15.0. The van der Waals surface area contributed by atoms with E-state index >= 15 is 0 Å². The summed E-state index contributed by atoms with van der Waals surface area (Å²) in [4.78, 5) is 0. The van der Waals surface area contributed by atoms with Gasteiger partial charge in [0.1, 0.15) is 13.3 Å². The van der Waals surface area contributed by atoms with E-state index in [0.29, 0.717) is 0 Å². The molecule has 0 spiro atoms. The molecule has 0 radical (unpaired) electrons. The second kappa shape index (κ2) is 5.21. The standard InChI is InChI=1S/C22H18O2P/c1-25(2)23-19-13-11-15-7-3-5-9-17(15)21(19)22-18-10-6-4-8-16(18)12-14-20(22)24-25/h3-14H,1-2H3/q+1. The largest absolute Gasteiger partial charge is 0.358 e. The van der Waals surface area contributed by atoms with E-state index in [1.807, 2.05) is 0 Å². The summed E-state index contributed by atoms with van der Waals surface area (Å²) in [7, 11) is -2.00. The second-order valence-electron chi connectivity index (χ2n) is 6.75. The summed E-state index contributed by atoms with van der Waals surface area (Å²) in [6.07, 6.45) is 0. The van der Waals surface area contributed by atoms with E-state index in [2.05, 4.69) is 86.1 Å². The molecule has 0 N–H and O–H groups in total. The number of benzene rings is 4. The van der Waals surface area contributed by atoms with Gasteiger partial charge in [-0.15, -0.1) is 0 Å². The van der Waals surface area contributed by atoms with E-state index in [4.69, 9.17) is 9.05 Å². The molecular formula is C22H18O2P+. The predicted molar refractivity (Wildman–Crippen MR) is 107 cm³/mol. The zero-order valence-electron chi connectivity index (χ0n) is 14.2. The minimum absolute atomic E-state index is 0.909. The van der Waals surface area contributed by atoms with Gasteiger partial charge in [-0.1, -0.05) is 60.7 Å². The average molecular weight is 345 g/mol. The van der Waals surface area contributed by atoms with Crippen molar-refractivity contribution in [1.29, 1.82) is 0 Å². The molecule has 2 nitrogen and oxygen atoms in total. The fraction of sp³-hybridized carbons (Fsp3) is 0.0909. The fourth-order valence-corrected chi connectivity index (χ4v) is 4.95. The number of rotatable bonds is 0. The zero-order chi connectivity index (χ0) is 17.0. The average Bonchev–Trinajstić information content (AvgIpc) is 2.73. The molecule has 1 aliphatic heterocycles. The van der Waals surface area contributed by atoms with E-state index in [0.717, 1.165) is 22.6 Å². The van der Waals surface area contributed by atoms with Gasteiger partial charge >= 0.3 is 7.72 Å².